The van der Waals surface area contributed by atoms with E-state index in [9.17, 15) is 13.2 Å². The molecule has 2 aliphatic heterocycles. The average Bonchev–Trinajstić information content (AvgIpc) is 2.58. The van der Waals surface area contributed by atoms with Gasteiger partial charge in [0.15, 0.2) is 0 Å². The van der Waals surface area contributed by atoms with Crippen LogP contribution in [0.25, 0.3) is 0 Å². The Labute approximate surface area is 148 Å². The summed E-state index contributed by atoms with van der Waals surface area (Å²) < 4.78 is 34.5. The number of nitrogens with one attached hydrogen (secondary N) is 1. The van der Waals surface area contributed by atoms with Gasteiger partial charge in [-0.1, -0.05) is 0 Å². The van der Waals surface area contributed by atoms with Crippen LogP contribution in [0.15, 0.2) is 18.3 Å². The van der Waals surface area contributed by atoms with Gasteiger partial charge in [-0.25, -0.2) is 8.42 Å². The SMILES string of the molecule is Cc1ccc(O[C@H]2CCOC[C@H]2NC(=O)C2CCS(=O)(=O)CC2)cn1. The first-order chi connectivity index (χ1) is 11.9. The predicted octanol–water partition coefficient (Wildman–Crippen LogP) is 0.867. The fourth-order valence-corrected chi connectivity index (χ4v) is 4.64. The third kappa shape index (κ3) is 4.92. The molecule has 1 aromatic heterocycles. The molecule has 1 amide bonds. The number of carbonyl (C=O) groups is 1. The molecular formula is C17H24N2O5S. The van der Waals surface area contributed by atoms with Crippen molar-refractivity contribution in [3.63, 3.8) is 0 Å². The fraction of sp³-hybridized carbons (Fsp3) is 0.647. The molecule has 1 N–H and O–H groups in total. The molecule has 3 rings (SSSR count). The molecule has 0 bridgehead atoms. The molecule has 25 heavy (non-hydrogen) atoms. The third-order valence-corrected chi connectivity index (χ3v) is 6.43. The van der Waals surface area contributed by atoms with E-state index in [0.717, 1.165) is 5.69 Å². The van der Waals surface area contributed by atoms with Crippen LogP contribution in [0.3, 0.4) is 0 Å². The van der Waals surface area contributed by atoms with Crippen LogP contribution in [0.2, 0.25) is 0 Å². The zero-order chi connectivity index (χ0) is 17.9. The number of carbonyl (C=O) groups excluding carboxylic acids is 1. The number of nitrogens with zero attached hydrogens (tertiary/aromatic N) is 1. The van der Waals surface area contributed by atoms with E-state index in [-0.39, 0.29) is 35.5 Å². The lowest BCUT2D eigenvalue weighted by Crippen LogP contribution is -2.53. The van der Waals surface area contributed by atoms with Gasteiger partial charge in [-0.2, -0.15) is 0 Å². The molecule has 138 valence electrons. The van der Waals surface area contributed by atoms with Crippen molar-refractivity contribution in [1.82, 2.24) is 10.3 Å². The molecule has 1 aromatic rings. The third-order valence-electron chi connectivity index (χ3n) is 4.72. The van der Waals surface area contributed by atoms with Crippen molar-refractivity contribution >= 4 is 15.7 Å². The van der Waals surface area contributed by atoms with Gasteiger partial charge in [0.25, 0.3) is 0 Å². The summed E-state index contributed by atoms with van der Waals surface area (Å²) in [4.78, 5) is 16.7. The van der Waals surface area contributed by atoms with Gasteiger partial charge in [-0.15, -0.1) is 0 Å². The normalized spacial score (nSPS) is 26.8. The number of hydrogen-bond acceptors (Lipinski definition) is 6. The van der Waals surface area contributed by atoms with Crippen molar-refractivity contribution in [2.45, 2.75) is 38.3 Å². The van der Waals surface area contributed by atoms with Gasteiger partial charge in [-0.05, 0) is 31.9 Å². The summed E-state index contributed by atoms with van der Waals surface area (Å²) in [5.41, 5.74) is 0.913. The number of sulfone groups is 1. The molecule has 2 saturated heterocycles. The highest BCUT2D eigenvalue weighted by Gasteiger charge is 2.33. The zero-order valence-electron chi connectivity index (χ0n) is 14.3. The van der Waals surface area contributed by atoms with Crippen molar-refractivity contribution in [3.05, 3.63) is 24.0 Å². The Morgan fingerprint density at radius 2 is 2.04 bits per heavy atom. The maximum atomic E-state index is 12.5. The summed E-state index contributed by atoms with van der Waals surface area (Å²) in [6.07, 6.45) is 2.94. The van der Waals surface area contributed by atoms with Crippen molar-refractivity contribution in [1.29, 1.82) is 0 Å². The quantitative estimate of drug-likeness (QED) is 0.847. The fourth-order valence-electron chi connectivity index (χ4n) is 3.15. The molecule has 0 aliphatic carbocycles. The second kappa shape index (κ2) is 7.70. The summed E-state index contributed by atoms with van der Waals surface area (Å²) in [6, 6.07) is 3.49. The first kappa shape index (κ1) is 18.1. The Balaban J connectivity index is 1.59. The topological polar surface area (TPSA) is 94.6 Å². The molecule has 3 heterocycles. The Morgan fingerprint density at radius 3 is 2.72 bits per heavy atom. The van der Waals surface area contributed by atoms with Crippen molar-refractivity contribution in [3.8, 4) is 5.75 Å². The van der Waals surface area contributed by atoms with Crippen LogP contribution < -0.4 is 10.1 Å². The molecule has 0 aromatic carbocycles. The maximum Gasteiger partial charge on any atom is 0.223 e. The molecule has 0 unspecified atom stereocenters. The van der Waals surface area contributed by atoms with Gasteiger partial charge >= 0.3 is 0 Å². The van der Waals surface area contributed by atoms with Gasteiger partial charge in [0.1, 0.15) is 21.7 Å². The molecular weight excluding hydrogens is 344 g/mol. The number of rotatable bonds is 4. The van der Waals surface area contributed by atoms with Crippen molar-refractivity contribution in [2.75, 3.05) is 24.7 Å². The second-order valence-electron chi connectivity index (χ2n) is 6.70. The molecule has 0 spiro atoms. The van der Waals surface area contributed by atoms with E-state index < -0.39 is 9.84 Å². The smallest absolute Gasteiger partial charge is 0.223 e. The van der Waals surface area contributed by atoms with Crippen LogP contribution in [0.1, 0.15) is 25.0 Å². The Kier molecular flexibility index (Phi) is 5.58. The Morgan fingerprint density at radius 1 is 1.28 bits per heavy atom. The van der Waals surface area contributed by atoms with E-state index in [1.807, 2.05) is 19.1 Å². The lowest BCUT2D eigenvalue weighted by Gasteiger charge is -2.33. The Bertz CT molecular complexity index is 690. The van der Waals surface area contributed by atoms with Crippen LogP contribution >= 0.6 is 0 Å². The van der Waals surface area contributed by atoms with Crippen LogP contribution in [-0.4, -0.2) is 56.2 Å². The summed E-state index contributed by atoms with van der Waals surface area (Å²) in [7, 11) is -2.97. The van der Waals surface area contributed by atoms with Crippen LogP contribution in [0.5, 0.6) is 5.75 Å². The van der Waals surface area contributed by atoms with Crippen LogP contribution in [0.4, 0.5) is 0 Å². The number of aryl methyl sites for hydroxylation is 1. The van der Waals surface area contributed by atoms with Gasteiger partial charge in [0, 0.05) is 18.0 Å². The van der Waals surface area contributed by atoms with E-state index in [4.69, 9.17) is 9.47 Å². The highest BCUT2D eigenvalue weighted by Crippen LogP contribution is 2.21. The lowest BCUT2D eigenvalue weighted by molar-refractivity contribution is -0.128. The number of ether oxygens (including phenoxy) is 2. The van der Waals surface area contributed by atoms with Gasteiger partial charge in [0.2, 0.25) is 5.91 Å². The van der Waals surface area contributed by atoms with E-state index in [0.29, 0.717) is 38.2 Å². The molecule has 2 aliphatic rings. The minimum atomic E-state index is -2.97. The summed E-state index contributed by atoms with van der Waals surface area (Å²) >= 11 is 0. The number of pyridine rings is 1. The number of hydrogen-bond donors (Lipinski definition) is 1. The highest BCUT2D eigenvalue weighted by atomic mass is 32.2. The highest BCUT2D eigenvalue weighted by molar-refractivity contribution is 7.91. The van der Waals surface area contributed by atoms with E-state index in [2.05, 4.69) is 10.3 Å². The van der Waals surface area contributed by atoms with Crippen LogP contribution in [-0.2, 0) is 19.4 Å². The van der Waals surface area contributed by atoms with Crippen molar-refractivity contribution in [2.24, 2.45) is 5.92 Å². The minimum absolute atomic E-state index is 0.0845. The lowest BCUT2D eigenvalue weighted by atomic mass is 10.00. The maximum absolute atomic E-state index is 12.5. The molecule has 8 heteroatoms. The van der Waals surface area contributed by atoms with E-state index in [1.165, 1.54) is 0 Å². The van der Waals surface area contributed by atoms with Gasteiger partial charge in [-0.3, -0.25) is 9.78 Å². The van der Waals surface area contributed by atoms with Gasteiger partial charge < -0.3 is 14.8 Å². The van der Waals surface area contributed by atoms with Crippen molar-refractivity contribution < 1.29 is 22.7 Å². The van der Waals surface area contributed by atoms with Gasteiger partial charge in [0.05, 0.1) is 37.0 Å². The number of aromatic nitrogens is 1. The monoisotopic (exact) mass is 368 g/mol. The molecule has 7 nitrogen and oxygen atoms in total. The summed E-state index contributed by atoms with van der Waals surface area (Å²) in [5, 5.41) is 2.99. The number of amides is 1. The molecule has 2 atom stereocenters. The first-order valence-corrected chi connectivity index (χ1v) is 10.4. The van der Waals surface area contributed by atoms with E-state index >= 15 is 0 Å². The van der Waals surface area contributed by atoms with Crippen LogP contribution in [0, 0.1) is 12.8 Å². The van der Waals surface area contributed by atoms with E-state index in [1.54, 1.807) is 6.20 Å². The minimum Gasteiger partial charge on any atom is -0.486 e. The first-order valence-electron chi connectivity index (χ1n) is 8.61. The summed E-state index contributed by atoms with van der Waals surface area (Å²) in [6.45, 7) is 2.88. The summed E-state index contributed by atoms with van der Waals surface area (Å²) in [5.74, 6) is 0.469. The molecule has 0 radical (unpaired) electrons. The standard InChI is InChI=1S/C17H24N2O5S/c1-12-2-3-14(10-18-12)24-16-4-7-23-11-15(16)19-17(20)13-5-8-25(21,22)9-6-13/h2-3,10,13,15-16H,4-9,11H2,1H3,(H,19,20)/t15-,16+/m1/s1. The molecule has 0 saturated carbocycles. The Hall–Kier alpha value is -1.67. The second-order valence-corrected chi connectivity index (χ2v) is 9.00. The zero-order valence-corrected chi connectivity index (χ0v) is 15.1. The largest absolute Gasteiger partial charge is 0.486 e. The predicted molar refractivity (Wildman–Crippen MR) is 92.1 cm³/mol. The average molecular weight is 368 g/mol. The molecule has 2 fully saturated rings.